The topological polar surface area (TPSA) is 61.4 Å². The van der Waals surface area contributed by atoms with Gasteiger partial charge < -0.3 is 15.5 Å². The van der Waals surface area contributed by atoms with Gasteiger partial charge in [-0.1, -0.05) is 6.07 Å². The molecule has 0 unspecified atom stereocenters. The predicted molar refractivity (Wildman–Crippen MR) is 74.3 cm³/mol. The minimum atomic E-state index is -0.0931. The highest BCUT2D eigenvalue weighted by atomic mass is 16.2. The lowest BCUT2D eigenvalue weighted by molar-refractivity contribution is -0.119. The molecule has 0 bridgehead atoms. The van der Waals surface area contributed by atoms with Gasteiger partial charge in [-0.3, -0.25) is 9.59 Å². The summed E-state index contributed by atoms with van der Waals surface area (Å²) in [5.41, 5.74) is 1.62. The van der Waals surface area contributed by atoms with E-state index in [2.05, 4.69) is 15.5 Å². The number of carbonyl (C=O) groups excluding carboxylic acids is 2. The minimum Gasteiger partial charge on any atom is -0.373 e. The molecule has 0 radical (unpaired) electrons. The van der Waals surface area contributed by atoms with Gasteiger partial charge in [-0.15, -0.1) is 0 Å². The van der Waals surface area contributed by atoms with E-state index in [9.17, 15) is 9.59 Å². The van der Waals surface area contributed by atoms with E-state index in [1.54, 1.807) is 13.1 Å². The van der Waals surface area contributed by atoms with Gasteiger partial charge in [0.25, 0.3) is 5.91 Å². The molecule has 0 aromatic heterocycles. The van der Waals surface area contributed by atoms with Crippen molar-refractivity contribution in [1.82, 2.24) is 10.6 Å². The van der Waals surface area contributed by atoms with Crippen LogP contribution in [0.5, 0.6) is 0 Å². The van der Waals surface area contributed by atoms with E-state index < -0.39 is 0 Å². The van der Waals surface area contributed by atoms with E-state index >= 15 is 0 Å². The summed E-state index contributed by atoms with van der Waals surface area (Å²) in [4.78, 5) is 24.8. The number of nitrogens with zero attached hydrogens (tertiary/aromatic N) is 1. The van der Waals surface area contributed by atoms with Crippen LogP contribution in [0.1, 0.15) is 23.2 Å². The largest absolute Gasteiger partial charge is 0.373 e. The zero-order valence-corrected chi connectivity index (χ0v) is 11.3. The van der Waals surface area contributed by atoms with Gasteiger partial charge in [0, 0.05) is 44.4 Å². The van der Waals surface area contributed by atoms with E-state index in [0.29, 0.717) is 12.0 Å². The van der Waals surface area contributed by atoms with Crippen LogP contribution in [0, 0.1) is 0 Å². The molecule has 1 aliphatic rings. The smallest absolute Gasteiger partial charge is 0.251 e. The monoisotopic (exact) mass is 261 g/mol. The van der Waals surface area contributed by atoms with Crippen molar-refractivity contribution in [2.45, 2.75) is 18.9 Å². The second-order valence-corrected chi connectivity index (χ2v) is 4.81. The molecule has 2 rings (SSSR count). The summed E-state index contributed by atoms with van der Waals surface area (Å²) in [6.45, 7) is 0.753. The number of likely N-dealkylation sites (N-methyl/N-ethyl adjacent to an activating group) is 1. The Kier molecular flexibility index (Phi) is 4.04. The lowest BCUT2D eigenvalue weighted by Gasteiger charge is -2.23. The Balaban J connectivity index is 2.04. The molecule has 2 amide bonds. The van der Waals surface area contributed by atoms with Crippen LogP contribution in [-0.2, 0) is 4.79 Å². The van der Waals surface area contributed by atoms with Crippen molar-refractivity contribution in [3.05, 3.63) is 29.8 Å². The lowest BCUT2D eigenvalue weighted by atomic mass is 10.1. The molecule has 1 aliphatic heterocycles. The van der Waals surface area contributed by atoms with Crippen molar-refractivity contribution in [3.63, 3.8) is 0 Å². The van der Waals surface area contributed by atoms with Gasteiger partial charge in [-0.05, 0) is 24.6 Å². The Morgan fingerprint density at radius 1 is 1.53 bits per heavy atom. The number of hydrogen-bond acceptors (Lipinski definition) is 3. The molecule has 1 aromatic carbocycles. The van der Waals surface area contributed by atoms with E-state index in [-0.39, 0.29) is 17.9 Å². The third-order valence-corrected chi connectivity index (χ3v) is 3.36. The first-order chi connectivity index (χ1) is 9.10. The van der Waals surface area contributed by atoms with Crippen LogP contribution in [0.25, 0.3) is 0 Å². The van der Waals surface area contributed by atoms with Crippen LogP contribution in [0.4, 0.5) is 5.69 Å². The fourth-order valence-electron chi connectivity index (χ4n) is 2.28. The van der Waals surface area contributed by atoms with Gasteiger partial charge in [0.2, 0.25) is 5.91 Å². The minimum absolute atomic E-state index is 0.0931. The summed E-state index contributed by atoms with van der Waals surface area (Å²) in [6, 6.07) is 7.66. The van der Waals surface area contributed by atoms with Gasteiger partial charge >= 0.3 is 0 Å². The summed E-state index contributed by atoms with van der Waals surface area (Å²) in [5.74, 6) is 0.0296. The number of carbonyl (C=O) groups is 2. The molecule has 1 aromatic rings. The second kappa shape index (κ2) is 5.73. The zero-order valence-electron chi connectivity index (χ0n) is 11.3. The third-order valence-electron chi connectivity index (χ3n) is 3.36. The molecular formula is C14H19N3O2. The summed E-state index contributed by atoms with van der Waals surface area (Å²) in [6.07, 6.45) is 1.48. The van der Waals surface area contributed by atoms with Crippen LogP contribution < -0.4 is 15.5 Å². The SMILES string of the molecule is CNC(=O)c1cccc(N(C)C[C@@H]2CCC(=O)N2)c1. The Morgan fingerprint density at radius 3 is 2.95 bits per heavy atom. The maximum Gasteiger partial charge on any atom is 0.251 e. The number of nitrogens with one attached hydrogen (secondary N) is 2. The average Bonchev–Trinajstić information content (AvgIpc) is 2.83. The number of anilines is 1. The summed E-state index contributed by atoms with van der Waals surface area (Å²) in [7, 11) is 3.58. The van der Waals surface area contributed by atoms with E-state index in [4.69, 9.17) is 0 Å². The van der Waals surface area contributed by atoms with Crippen molar-refractivity contribution in [2.75, 3.05) is 25.5 Å². The Morgan fingerprint density at radius 2 is 2.32 bits per heavy atom. The van der Waals surface area contributed by atoms with Crippen LogP contribution in [0.3, 0.4) is 0 Å². The van der Waals surface area contributed by atoms with Crippen LogP contribution in [-0.4, -0.2) is 38.5 Å². The maximum absolute atomic E-state index is 11.6. The Labute approximate surface area is 113 Å². The highest BCUT2D eigenvalue weighted by molar-refractivity contribution is 5.94. The van der Waals surface area contributed by atoms with Gasteiger partial charge in [0.15, 0.2) is 0 Å². The standard InChI is InChI=1S/C14H19N3O2/c1-15-14(19)10-4-3-5-12(8-10)17(2)9-11-6-7-13(18)16-11/h3-5,8,11H,6-7,9H2,1-2H3,(H,15,19)(H,16,18)/t11-/m0/s1. The first-order valence-electron chi connectivity index (χ1n) is 6.43. The van der Waals surface area contributed by atoms with Gasteiger partial charge in [-0.25, -0.2) is 0 Å². The van der Waals surface area contributed by atoms with Crippen LogP contribution in [0.2, 0.25) is 0 Å². The Hall–Kier alpha value is -2.04. The van der Waals surface area contributed by atoms with Gasteiger partial charge in [-0.2, -0.15) is 0 Å². The number of rotatable bonds is 4. The molecule has 102 valence electrons. The van der Waals surface area contributed by atoms with Crippen molar-refractivity contribution in [1.29, 1.82) is 0 Å². The fraction of sp³-hybridized carbons (Fsp3) is 0.429. The maximum atomic E-state index is 11.6. The van der Waals surface area contributed by atoms with Crippen molar-refractivity contribution in [2.24, 2.45) is 0 Å². The van der Waals surface area contributed by atoms with Crippen molar-refractivity contribution >= 4 is 17.5 Å². The lowest BCUT2D eigenvalue weighted by Crippen LogP contribution is -2.36. The van der Waals surface area contributed by atoms with Crippen LogP contribution in [0.15, 0.2) is 24.3 Å². The first kappa shape index (κ1) is 13.4. The van der Waals surface area contributed by atoms with Crippen molar-refractivity contribution < 1.29 is 9.59 Å². The summed E-state index contributed by atoms with van der Waals surface area (Å²) >= 11 is 0. The van der Waals surface area contributed by atoms with Crippen molar-refractivity contribution in [3.8, 4) is 0 Å². The summed E-state index contributed by atoms with van der Waals surface area (Å²) in [5, 5.41) is 5.56. The van der Waals surface area contributed by atoms with E-state index in [0.717, 1.165) is 18.7 Å². The van der Waals surface area contributed by atoms with E-state index in [1.807, 2.05) is 25.2 Å². The molecule has 0 spiro atoms. The molecule has 1 heterocycles. The zero-order chi connectivity index (χ0) is 13.8. The molecule has 2 N–H and O–H groups in total. The molecule has 0 aliphatic carbocycles. The Bertz CT molecular complexity index is 487. The number of hydrogen-bond donors (Lipinski definition) is 2. The van der Waals surface area contributed by atoms with E-state index in [1.165, 1.54) is 0 Å². The summed E-state index contributed by atoms with van der Waals surface area (Å²) < 4.78 is 0. The molecule has 0 saturated carbocycles. The predicted octanol–water partition coefficient (Wildman–Crippen LogP) is 0.761. The number of benzene rings is 1. The van der Waals surface area contributed by atoms with Crippen LogP contribution >= 0.6 is 0 Å². The number of amides is 2. The molecule has 1 fully saturated rings. The quantitative estimate of drug-likeness (QED) is 0.841. The van der Waals surface area contributed by atoms with Gasteiger partial charge in [0.05, 0.1) is 0 Å². The first-order valence-corrected chi connectivity index (χ1v) is 6.43. The highest BCUT2D eigenvalue weighted by Crippen LogP contribution is 2.17. The normalized spacial score (nSPS) is 18.0. The molecule has 19 heavy (non-hydrogen) atoms. The molecule has 5 nitrogen and oxygen atoms in total. The van der Waals surface area contributed by atoms with Gasteiger partial charge in [0.1, 0.15) is 0 Å². The molecule has 1 saturated heterocycles. The fourth-order valence-corrected chi connectivity index (χ4v) is 2.28. The highest BCUT2D eigenvalue weighted by Gasteiger charge is 2.22. The molecule has 1 atom stereocenters. The molecular weight excluding hydrogens is 242 g/mol. The average molecular weight is 261 g/mol. The molecule has 5 heteroatoms. The second-order valence-electron chi connectivity index (χ2n) is 4.81. The third kappa shape index (κ3) is 3.24.